The van der Waals surface area contributed by atoms with Gasteiger partial charge in [0.15, 0.2) is 11.7 Å². The van der Waals surface area contributed by atoms with Crippen molar-refractivity contribution in [3.05, 3.63) is 113 Å². The summed E-state index contributed by atoms with van der Waals surface area (Å²) in [5.41, 5.74) is -0.152. The van der Waals surface area contributed by atoms with Crippen molar-refractivity contribution in [2.75, 3.05) is 19.6 Å². The first-order valence-electron chi connectivity index (χ1n) is 12.5. The summed E-state index contributed by atoms with van der Waals surface area (Å²) in [6, 6.07) is 26.6. The summed E-state index contributed by atoms with van der Waals surface area (Å²) in [5, 5.41) is 17.0. The minimum atomic E-state index is -1.53. The molecular weight excluding hydrogens is 474 g/mol. The molecule has 1 atom stereocenters. The van der Waals surface area contributed by atoms with Gasteiger partial charge in [0, 0.05) is 23.8 Å². The van der Waals surface area contributed by atoms with Crippen LogP contribution in [-0.2, 0) is 12.1 Å². The standard InChI is InChI=1S/C29H29ClN3O3/c30-24-12-7-13-25(18-24)35-26-19-33(16-14-21(26)15-17-33)20-27-31-28(36-32-27)29(34,22-8-3-1-4-9-22)23-10-5-2-6-11-23/h1-13,18,21,26,34H,14-17,19-20H2/q+1/t21?,26-,33?/m0/s1. The van der Waals surface area contributed by atoms with Gasteiger partial charge in [-0.1, -0.05) is 83.5 Å². The highest BCUT2D eigenvalue weighted by atomic mass is 35.5. The van der Waals surface area contributed by atoms with Crippen LogP contribution in [0.3, 0.4) is 0 Å². The third kappa shape index (κ3) is 4.30. The fourth-order valence-corrected chi connectivity index (χ4v) is 6.01. The maximum Gasteiger partial charge on any atom is 0.268 e. The zero-order valence-corrected chi connectivity index (χ0v) is 20.7. The van der Waals surface area contributed by atoms with Gasteiger partial charge >= 0.3 is 0 Å². The van der Waals surface area contributed by atoms with E-state index < -0.39 is 5.60 Å². The quantitative estimate of drug-likeness (QED) is 0.352. The number of rotatable bonds is 7. The number of piperidine rings is 3. The van der Waals surface area contributed by atoms with Crippen LogP contribution in [0.4, 0.5) is 0 Å². The molecule has 0 aliphatic carbocycles. The molecule has 0 spiro atoms. The number of halogens is 1. The first kappa shape index (κ1) is 23.2. The topological polar surface area (TPSA) is 68.4 Å². The number of nitrogens with zero attached hydrogens (tertiary/aromatic N) is 3. The molecule has 3 saturated heterocycles. The Morgan fingerprint density at radius 2 is 1.61 bits per heavy atom. The van der Waals surface area contributed by atoms with Crippen molar-refractivity contribution in [1.29, 1.82) is 0 Å². The smallest absolute Gasteiger partial charge is 0.268 e. The maximum atomic E-state index is 12.0. The second-order valence-corrected chi connectivity index (χ2v) is 10.5. The summed E-state index contributed by atoms with van der Waals surface area (Å²) in [7, 11) is 0. The van der Waals surface area contributed by atoms with E-state index >= 15 is 0 Å². The molecule has 7 rings (SSSR count). The second-order valence-electron chi connectivity index (χ2n) is 10.0. The molecule has 0 unspecified atom stereocenters. The number of quaternary nitrogens is 1. The fraction of sp³-hybridized carbons (Fsp3) is 0.310. The lowest BCUT2D eigenvalue weighted by atomic mass is 9.83. The Balaban J connectivity index is 1.26. The van der Waals surface area contributed by atoms with Crippen LogP contribution in [0, 0.1) is 5.92 Å². The van der Waals surface area contributed by atoms with Crippen LogP contribution in [0.5, 0.6) is 5.75 Å². The minimum Gasteiger partial charge on any atom is -0.484 e. The normalized spacial score (nSPS) is 23.5. The molecule has 3 aromatic carbocycles. The summed E-state index contributed by atoms with van der Waals surface area (Å²) in [6.45, 7) is 3.66. The van der Waals surface area contributed by atoms with E-state index in [-0.39, 0.29) is 12.0 Å². The molecule has 2 bridgehead atoms. The molecule has 1 aromatic heterocycles. The molecule has 1 N–H and O–H groups in total. The Hall–Kier alpha value is -3.19. The summed E-state index contributed by atoms with van der Waals surface area (Å²) in [4.78, 5) is 4.76. The lowest BCUT2D eigenvalue weighted by Crippen LogP contribution is -2.64. The van der Waals surface area contributed by atoms with Crippen LogP contribution in [0.1, 0.15) is 35.7 Å². The second kappa shape index (κ2) is 9.36. The van der Waals surface area contributed by atoms with Crippen LogP contribution in [-0.4, -0.2) is 45.5 Å². The van der Waals surface area contributed by atoms with Gasteiger partial charge in [-0.25, -0.2) is 0 Å². The van der Waals surface area contributed by atoms with Crippen molar-refractivity contribution in [1.82, 2.24) is 10.1 Å². The number of benzene rings is 3. The van der Waals surface area contributed by atoms with Gasteiger partial charge in [-0.15, -0.1) is 0 Å². The van der Waals surface area contributed by atoms with E-state index in [0.29, 0.717) is 34.4 Å². The third-order valence-electron chi connectivity index (χ3n) is 7.76. The number of ether oxygens (including phenoxy) is 1. The van der Waals surface area contributed by atoms with Crippen LogP contribution in [0.2, 0.25) is 5.02 Å². The molecule has 7 heteroatoms. The molecule has 0 radical (unpaired) electrons. The van der Waals surface area contributed by atoms with Crippen LogP contribution in [0.15, 0.2) is 89.5 Å². The average Bonchev–Trinajstić information content (AvgIpc) is 3.38. The molecule has 36 heavy (non-hydrogen) atoms. The summed E-state index contributed by atoms with van der Waals surface area (Å²) in [5.74, 6) is 2.16. The number of aliphatic hydroxyl groups is 1. The van der Waals surface area contributed by atoms with Crippen LogP contribution in [0.25, 0.3) is 0 Å². The van der Waals surface area contributed by atoms with Gasteiger partial charge in [0.25, 0.3) is 5.89 Å². The highest BCUT2D eigenvalue weighted by molar-refractivity contribution is 6.30. The molecule has 6 nitrogen and oxygen atoms in total. The SMILES string of the molecule is OC(c1ccccc1)(c1ccccc1)c1nc(C[N+]23CCC(CC2)[C@@H](Oc2cccc(Cl)c2)C3)no1. The van der Waals surface area contributed by atoms with E-state index in [0.717, 1.165) is 42.7 Å². The number of hydrogen-bond acceptors (Lipinski definition) is 5. The van der Waals surface area contributed by atoms with E-state index in [4.69, 9.17) is 25.8 Å². The monoisotopic (exact) mass is 502 g/mol. The Labute approximate surface area is 215 Å². The van der Waals surface area contributed by atoms with Gasteiger partial charge in [-0.05, 0) is 29.3 Å². The largest absolute Gasteiger partial charge is 0.484 e. The molecular formula is C29H29ClN3O3+. The van der Waals surface area contributed by atoms with Crippen molar-refractivity contribution in [3.63, 3.8) is 0 Å². The van der Waals surface area contributed by atoms with Crippen LogP contribution >= 0.6 is 11.6 Å². The van der Waals surface area contributed by atoms with E-state index in [1.165, 1.54) is 0 Å². The zero-order valence-electron chi connectivity index (χ0n) is 20.0. The van der Waals surface area contributed by atoms with Crippen molar-refractivity contribution < 1.29 is 18.8 Å². The van der Waals surface area contributed by atoms with Crippen molar-refractivity contribution >= 4 is 11.6 Å². The lowest BCUT2D eigenvalue weighted by Gasteiger charge is -2.51. The number of fused-ring (bicyclic) bond motifs is 3. The molecule has 3 aliphatic heterocycles. The Bertz CT molecular complexity index is 1280. The van der Waals surface area contributed by atoms with Crippen molar-refractivity contribution in [2.45, 2.75) is 31.1 Å². The van der Waals surface area contributed by atoms with Gasteiger partial charge in [-0.2, -0.15) is 4.98 Å². The minimum absolute atomic E-state index is 0.128. The average molecular weight is 503 g/mol. The molecule has 0 amide bonds. The van der Waals surface area contributed by atoms with Crippen molar-refractivity contribution in [3.8, 4) is 5.75 Å². The Morgan fingerprint density at radius 1 is 0.944 bits per heavy atom. The molecule has 0 saturated carbocycles. The number of aromatic nitrogens is 2. The van der Waals surface area contributed by atoms with E-state index in [9.17, 15) is 5.11 Å². The van der Waals surface area contributed by atoms with E-state index in [1.54, 1.807) is 0 Å². The zero-order chi connectivity index (χ0) is 24.6. The van der Waals surface area contributed by atoms with Gasteiger partial charge < -0.3 is 18.8 Å². The lowest BCUT2D eigenvalue weighted by molar-refractivity contribution is -0.958. The first-order chi connectivity index (χ1) is 17.5. The predicted molar refractivity (Wildman–Crippen MR) is 136 cm³/mol. The van der Waals surface area contributed by atoms with Crippen LogP contribution < -0.4 is 4.74 Å². The van der Waals surface area contributed by atoms with Crippen molar-refractivity contribution in [2.24, 2.45) is 5.92 Å². The van der Waals surface area contributed by atoms with Gasteiger partial charge in [0.1, 0.15) is 18.8 Å². The maximum absolute atomic E-state index is 12.0. The molecule has 3 fully saturated rings. The van der Waals surface area contributed by atoms with Gasteiger partial charge in [0.2, 0.25) is 5.82 Å². The predicted octanol–water partition coefficient (Wildman–Crippen LogP) is 5.20. The highest BCUT2D eigenvalue weighted by Gasteiger charge is 2.48. The molecule has 3 aliphatic rings. The fourth-order valence-electron chi connectivity index (χ4n) is 5.83. The number of hydrogen-bond donors (Lipinski definition) is 1. The molecule has 184 valence electrons. The molecule has 4 heterocycles. The summed E-state index contributed by atoms with van der Waals surface area (Å²) < 4.78 is 13.0. The van der Waals surface area contributed by atoms with Gasteiger partial charge in [-0.3, -0.25) is 0 Å². The molecule has 4 aromatic rings. The van der Waals surface area contributed by atoms with Gasteiger partial charge in [0.05, 0.1) is 13.1 Å². The van der Waals surface area contributed by atoms with E-state index in [2.05, 4.69) is 5.16 Å². The highest BCUT2D eigenvalue weighted by Crippen LogP contribution is 2.39. The Kier molecular flexibility index (Phi) is 6.04. The summed E-state index contributed by atoms with van der Waals surface area (Å²) in [6.07, 6.45) is 2.34. The summed E-state index contributed by atoms with van der Waals surface area (Å²) >= 11 is 6.17. The first-order valence-corrected chi connectivity index (χ1v) is 12.9. The van der Waals surface area contributed by atoms with E-state index in [1.807, 2.05) is 84.9 Å². The third-order valence-corrected chi connectivity index (χ3v) is 8.00. The Morgan fingerprint density at radius 3 is 2.25 bits per heavy atom.